The fourth-order valence-corrected chi connectivity index (χ4v) is 7.33. The van der Waals surface area contributed by atoms with Crippen LogP contribution >= 0.6 is 0 Å². The van der Waals surface area contributed by atoms with Gasteiger partial charge >= 0.3 is 0 Å². The third-order valence-corrected chi connectivity index (χ3v) is 9.72. The van der Waals surface area contributed by atoms with E-state index in [0.717, 1.165) is 55.0 Å². The van der Waals surface area contributed by atoms with E-state index >= 15 is 0 Å². The van der Waals surface area contributed by atoms with Crippen LogP contribution in [0.4, 0.5) is 0 Å². The van der Waals surface area contributed by atoms with Crippen LogP contribution in [0.5, 0.6) is 0 Å². The van der Waals surface area contributed by atoms with Crippen molar-refractivity contribution in [2.45, 2.75) is 0 Å². The molecule has 0 aliphatic carbocycles. The molecule has 10 radical (unpaired) electrons. The van der Waals surface area contributed by atoms with Crippen LogP contribution in [-0.4, -0.2) is 39.2 Å². The smallest absolute Gasteiger partial charge is 0.136 e. The van der Waals surface area contributed by atoms with Gasteiger partial charge < -0.3 is 4.42 Å². The molecule has 0 saturated heterocycles. The van der Waals surface area contributed by atoms with E-state index in [-0.39, 0.29) is 16.4 Å². The predicted octanol–water partition coefficient (Wildman–Crippen LogP) is 6.02. The first-order chi connectivity index (χ1) is 23.4. The van der Waals surface area contributed by atoms with Crippen LogP contribution in [0.1, 0.15) is 0 Å². The SMILES string of the molecule is [B]c1c([B])c([B])c(-c2ccc(-c3c4ccccc4c(-c4ccc5oc6cc7ccccc7cc6c5c4)c4ccccc34)cc2)c([B])c1[B]. The third-order valence-electron chi connectivity index (χ3n) is 9.72. The van der Waals surface area contributed by atoms with Crippen molar-refractivity contribution in [2.75, 3.05) is 0 Å². The molecule has 0 N–H and O–H groups in total. The summed E-state index contributed by atoms with van der Waals surface area (Å²) in [6.45, 7) is 0. The van der Waals surface area contributed by atoms with E-state index in [9.17, 15) is 0 Å². The zero-order valence-electron chi connectivity index (χ0n) is 25.9. The van der Waals surface area contributed by atoms with Crippen molar-refractivity contribution in [1.29, 1.82) is 0 Å². The van der Waals surface area contributed by atoms with Gasteiger partial charge in [0, 0.05) is 10.8 Å². The average Bonchev–Trinajstić information content (AvgIpc) is 3.48. The molecule has 210 valence electrons. The Kier molecular flexibility index (Phi) is 6.53. The van der Waals surface area contributed by atoms with Crippen molar-refractivity contribution >= 4 is 121 Å². The first kappa shape index (κ1) is 28.9. The molecular weight excluding hydrogens is 575 g/mol. The topological polar surface area (TPSA) is 13.1 Å². The molecule has 0 spiro atoms. The molecule has 6 heteroatoms. The van der Waals surface area contributed by atoms with Crippen LogP contribution in [0, 0.1) is 0 Å². The van der Waals surface area contributed by atoms with Crippen molar-refractivity contribution in [1.82, 2.24) is 0 Å². The summed E-state index contributed by atoms with van der Waals surface area (Å²) in [6, 6.07) is 44.7. The normalized spacial score (nSPS) is 11.8. The van der Waals surface area contributed by atoms with Gasteiger partial charge in [-0.1, -0.05) is 114 Å². The van der Waals surface area contributed by atoms with E-state index in [1.807, 2.05) is 12.1 Å². The quantitative estimate of drug-likeness (QED) is 0.180. The zero-order valence-corrected chi connectivity index (χ0v) is 25.9. The number of hydrogen-bond donors (Lipinski definition) is 0. The molecule has 8 aromatic carbocycles. The van der Waals surface area contributed by atoms with E-state index < -0.39 is 0 Å². The highest BCUT2D eigenvalue weighted by molar-refractivity contribution is 6.68. The minimum absolute atomic E-state index is 0.206. The predicted molar refractivity (Wildman–Crippen MR) is 209 cm³/mol. The summed E-state index contributed by atoms with van der Waals surface area (Å²) in [5.74, 6) is 0. The first-order valence-corrected chi connectivity index (χ1v) is 15.8. The summed E-state index contributed by atoms with van der Waals surface area (Å²) in [5.41, 5.74) is 9.03. The van der Waals surface area contributed by atoms with Gasteiger partial charge in [0.15, 0.2) is 0 Å². The van der Waals surface area contributed by atoms with Crippen LogP contribution in [0.2, 0.25) is 0 Å². The maximum Gasteiger partial charge on any atom is 0.136 e. The average molecular weight is 596 g/mol. The van der Waals surface area contributed by atoms with E-state index in [4.69, 9.17) is 43.6 Å². The van der Waals surface area contributed by atoms with Gasteiger partial charge in [-0.05, 0) is 90.0 Å². The Hall–Kier alpha value is -5.34. The Morgan fingerprint density at radius 3 is 1.29 bits per heavy atom. The minimum Gasteiger partial charge on any atom is -0.456 e. The van der Waals surface area contributed by atoms with E-state index in [1.165, 1.54) is 27.1 Å². The minimum atomic E-state index is 0.206. The number of hydrogen-bond acceptors (Lipinski definition) is 1. The number of benzene rings is 8. The third kappa shape index (κ3) is 4.25. The number of fused-ring (bicyclic) bond motifs is 6. The molecule has 0 aliphatic rings. The Balaban J connectivity index is 1.26. The van der Waals surface area contributed by atoms with Crippen LogP contribution in [-0.2, 0) is 0 Å². The number of rotatable bonds is 3. The molecule has 0 saturated carbocycles. The highest BCUT2D eigenvalue weighted by atomic mass is 16.3. The van der Waals surface area contributed by atoms with Gasteiger partial charge in [-0.15, -0.1) is 16.4 Å². The van der Waals surface area contributed by atoms with Crippen molar-refractivity contribution < 1.29 is 4.42 Å². The molecular formula is C42H21B5O. The van der Waals surface area contributed by atoms with Crippen LogP contribution < -0.4 is 27.3 Å². The Labute approximate surface area is 285 Å². The summed E-state index contributed by atoms with van der Waals surface area (Å²) in [5, 5.41) is 9.21. The second kappa shape index (κ2) is 10.9. The lowest BCUT2D eigenvalue weighted by Crippen LogP contribution is -2.55. The molecule has 9 rings (SSSR count). The molecule has 0 aliphatic heterocycles. The highest BCUT2D eigenvalue weighted by Crippen LogP contribution is 2.45. The largest absolute Gasteiger partial charge is 0.456 e. The molecule has 0 bridgehead atoms. The molecule has 0 fully saturated rings. The van der Waals surface area contributed by atoms with Gasteiger partial charge in [0.25, 0.3) is 0 Å². The fraction of sp³-hybridized carbons (Fsp3) is 0. The second-order valence-corrected chi connectivity index (χ2v) is 12.4. The standard InChI is InChI=1S/C42H21B5O/c43-38-37(39(44)41(46)42(47)40(38)45)23-15-13-22(14-16-23)35-27-9-3-5-11-29(27)36(30-12-6-4-10-28(30)35)26-17-18-33-31(20-26)32-19-24-7-1-2-8-25(24)21-34(32)48-33/h1-21H. The Morgan fingerprint density at radius 2 is 0.729 bits per heavy atom. The first-order valence-electron chi connectivity index (χ1n) is 15.8. The highest BCUT2D eigenvalue weighted by Gasteiger charge is 2.19. The monoisotopic (exact) mass is 596 g/mol. The lowest BCUT2D eigenvalue weighted by atomic mass is 9.59. The maximum atomic E-state index is 6.39. The van der Waals surface area contributed by atoms with Crippen molar-refractivity contribution in [2.24, 2.45) is 0 Å². The molecule has 0 unspecified atom stereocenters. The fourth-order valence-electron chi connectivity index (χ4n) is 7.33. The van der Waals surface area contributed by atoms with E-state index in [1.54, 1.807) is 0 Å². The maximum absolute atomic E-state index is 6.39. The van der Waals surface area contributed by atoms with Crippen LogP contribution in [0.3, 0.4) is 0 Å². The summed E-state index contributed by atoms with van der Waals surface area (Å²) in [7, 11) is 31.2. The molecule has 9 aromatic rings. The summed E-state index contributed by atoms with van der Waals surface area (Å²) in [4.78, 5) is 0. The molecule has 0 amide bonds. The molecule has 1 aromatic heterocycles. The van der Waals surface area contributed by atoms with E-state index in [0.29, 0.717) is 16.5 Å². The lowest BCUT2D eigenvalue weighted by molar-refractivity contribution is 0.669. The van der Waals surface area contributed by atoms with Gasteiger partial charge in [-0.3, -0.25) is 0 Å². The lowest BCUT2D eigenvalue weighted by Gasteiger charge is -2.22. The van der Waals surface area contributed by atoms with Gasteiger partial charge in [0.1, 0.15) is 50.4 Å². The number of furan rings is 1. The van der Waals surface area contributed by atoms with Crippen LogP contribution in [0.15, 0.2) is 132 Å². The van der Waals surface area contributed by atoms with Gasteiger partial charge in [-0.25, -0.2) is 0 Å². The molecule has 48 heavy (non-hydrogen) atoms. The zero-order chi connectivity index (χ0) is 32.7. The Morgan fingerprint density at radius 1 is 0.312 bits per heavy atom. The summed E-state index contributed by atoms with van der Waals surface area (Å²) in [6.07, 6.45) is 0. The van der Waals surface area contributed by atoms with Crippen molar-refractivity contribution in [3.63, 3.8) is 0 Å². The summed E-state index contributed by atoms with van der Waals surface area (Å²) < 4.78 is 6.34. The van der Waals surface area contributed by atoms with E-state index in [2.05, 4.69) is 115 Å². The van der Waals surface area contributed by atoms with Gasteiger partial charge in [-0.2, -0.15) is 0 Å². The second-order valence-electron chi connectivity index (χ2n) is 12.4. The molecule has 0 atom stereocenters. The molecule has 1 heterocycles. The Bertz CT molecular complexity index is 2690. The van der Waals surface area contributed by atoms with Gasteiger partial charge in [0.2, 0.25) is 0 Å². The summed E-state index contributed by atoms with van der Waals surface area (Å²) >= 11 is 0. The van der Waals surface area contributed by atoms with Crippen molar-refractivity contribution in [3.05, 3.63) is 127 Å². The molecule has 1 nitrogen and oxygen atoms in total. The van der Waals surface area contributed by atoms with Crippen molar-refractivity contribution in [3.8, 4) is 33.4 Å². The van der Waals surface area contributed by atoms with Gasteiger partial charge in [0.05, 0.1) is 0 Å². The van der Waals surface area contributed by atoms with Crippen LogP contribution in [0.25, 0.3) is 87.6 Å².